The van der Waals surface area contributed by atoms with E-state index in [2.05, 4.69) is 10.5 Å². The molecule has 112 valence electrons. The van der Waals surface area contributed by atoms with Crippen molar-refractivity contribution in [2.24, 2.45) is 0 Å². The molecule has 0 saturated carbocycles. The number of carbonyl (C=O) groups excluding carboxylic acids is 1. The Morgan fingerprint density at radius 3 is 2.90 bits per heavy atom. The fourth-order valence-electron chi connectivity index (χ4n) is 2.08. The Kier molecular flexibility index (Phi) is 5.49. The predicted molar refractivity (Wildman–Crippen MR) is 77.3 cm³/mol. The highest BCUT2D eigenvalue weighted by molar-refractivity contribution is 5.76. The minimum absolute atomic E-state index is 0.0160. The lowest BCUT2D eigenvalue weighted by molar-refractivity contribution is -0.121. The van der Waals surface area contributed by atoms with Crippen molar-refractivity contribution >= 4 is 5.91 Å². The third-order valence-corrected chi connectivity index (χ3v) is 3.31. The largest absolute Gasteiger partial charge is 0.364 e. The maximum atomic E-state index is 13.1. The first-order chi connectivity index (χ1) is 10.1. The molecule has 0 spiro atoms. The first-order valence-corrected chi connectivity index (χ1v) is 7.05. The van der Waals surface area contributed by atoms with Gasteiger partial charge in [0.25, 0.3) is 0 Å². The van der Waals surface area contributed by atoms with Crippen LogP contribution in [-0.4, -0.2) is 17.6 Å². The summed E-state index contributed by atoms with van der Waals surface area (Å²) in [7, 11) is 0. The number of hydrogen-bond acceptors (Lipinski definition) is 3. The van der Waals surface area contributed by atoms with E-state index in [4.69, 9.17) is 4.52 Å². The van der Waals surface area contributed by atoms with Crippen LogP contribution in [-0.2, 0) is 17.6 Å². The molecule has 2 aromatic rings. The van der Waals surface area contributed by atoms with Gasteiger partial charge in [-0.15, -0.1) is 0 Å². The highest BCUT2D eigenvalue weighted by Crippen LogP contribution is 2.10. The van der Waals surface area contributed by atoms with Crippen molar-refractivity contribution in [3.8, 4) is 0 Å². The van der Waals surface area contributed by atoms with E-state index in [0.717, 1.165) is 24.0 Å². The van der Waals surface area contributed by atoms with Crippen LogP contribution in [0.3, 0.4) is 0 Å². The quantitative estimate of drug-likeness (QED) is 0.798. The molecule has 0 radical (unpaired) electrons. The van der Waals surface area contributed by atoms with Crippen molar-refractivity contribution in [1.29, 1.82) is 0 Å². The molecule has 0 saturated heterocycles. The van der Waals surface area contributed by atoms with Crippen LogP contribution >= 0.6 is 0 Å². The number of nitrogens with one attached hydrogen (secondary N) is 1. The number of aryl methyl sites for hydroxylation is 3. The smallest absolute Gasteiger partial charge is 0.220 e. The molecule has 1 aromatic carbocycles. The highest BCUT2D eigenvalue weighted by Gasteiger charge is 2.04. The zero-order valence-corrected chi connectivity index (χ0v) is 12.1. The lowest BCUT2D eigenvalue weighted by atomic mass is 10.1. The molecule has 0 aliphatic heterocycles. The van der Waals surface area contributed by atoms with Gasteiger partial charge >= 0.3 is 0 Å². The molecule has 1 heterocycles. The second kappa shape index (κ2) is 7.57. The zero-order chi connectivity index (χ0) is 15.1. The number of hydrogen-bond donors (Lipinski definition) is 1. The summed E-state index contributed by atoms with van der Waals surface area (Å²) >= 11 is 0. The Bertz CT molecular complexity index is 582. The second-order valence-corrected chi connectivity index (χ2v) is 5.07. The average Bonchev–Trinajstić information content (AvgIpc) is 2.98. The van der Waals surface area contributed by atoms with E-state index in [1.807, 2.05) is 0 Å². The maximum Gasteiger partial charge on any atom is 0.220 e. The Labute approximate surface area is 123 Å². The standard InChI is InChI=1S/C16H19FN2O2/c1-12-9-13(4-6-15(12)17)5-7-16(20)18-8-2-3-14-10-19-21-11-14/h4,6,9-11H,2-3,5,7-8H2,1H3,(H,18,20). The van der Waals surface area contributed by atoms with Crippen molar-refractivity contribution in [3.63, 3.8) is 0 Å². The summed E-state index contributed by atoms with van der Waals surface area (Å²) in [6.45, 7) is 2.36. The van der Waals surface area contributed by atoms with E-state index in [1.54, 1.807) is 31.5 Å². The van der Waals surface area contributed by atoms with E-state index < -0.39 is 0 Å². The van der Waals surface area contributed by atoms with Crippen LogP contribution in [0.15, 0.2) is 35.2 Å². The first kappa shape index (κ1) is 15.2. The summed E-state index contributed by atoms with van der Waals surface area (Å²) in [4.78, 5) is 11.7. The third kappa shape index (κ3) is 5.02. The van der Waals surface area contributed by atoms with Crippen LogP contribution in [0.25, 0.3) is 0 Å². The van der Waals surface area contributed by atoms with Crippen molar-refractivity contribution < 1.29 is 13.7 Å². The summed E-state index contributed by atoms with van der Waals surface area (Å²) in [5.74, 6) is -0.195. The average molecular weight is 290 g/mol. The minimum Gasteiger partial charge on any atom is -0.364 e. The van der Waals surface area contributed by atoms with E-state index in [-0.39, 0.29) is 11.7 Å². The topological polar surface area (TPSA) is 55.1 Å². The van der Waals surface area contributed by atoms with Crippen LogP contribution in [0.5, 0.6) is 0 Å². The van der Waals surface area contributed by atoms with E-state index >= 15 is 0 Å². The number of amides is 1. The van der Waals surface area contributed by atoms with Gasteiger partial charge in [0, 0.05) is 18.5 Å². The number of aromatic nitrogens is 1. The molecule has 0 aliphatic carbocycles. The molecule has 0 unspecified atom stereocenters. The Morgan fingerprint density at radius 1 is 1.33 bits per heavy atom. The molecule has 0 bridgehead atoms. The Balaban J connectivity index is 1.64. The van der Waals surface area contributed by atoms with Gasteiger partial charge in [-0.1, -0.05) is 17.3 Å². The summed E-state index contributed by atoms with van der Waals surface area (Å²) in [5.41, 5.74) is 2.63. The summed E-state index contributed by atoms with van der Waals surface area (Å²) < 4.78 is 17.9. The molecule has 2 rings (SSSR count). The van der Waals surface area contributed by atoms with Crippen LogP contribution in [0.2, 0.25) is 0 Å². The van der Waals surface area contributed by atoms with E-state index in [9.17, 15) is 9.18 Å². The van der Waals surface area contributed by atoms with Crippen LogP contribution < -0.4 is 5.32 Å². The molecule has 1 N–H and O–H groups in total. The van der Waals surface area contributed by atoms with Crippen LogP contribution in [0, 0.1) is 12.7 Å². The van der Waals surface area contributed by atoms with Gasteiger partial charge in [0.2, 0.25) is 5.91 Å². The first-order valence-electron chi connectivity index (χ1n) is 7.05. The number of benzene rings is 1. The lowest BCUT2D eigenvalue weighted by Gasteiger charge is -2.06. The number of rotatable bonds is 7. The monoisotopic (exact) mass is 290 g/mol. The van der Waals surface area contributed by atoms with Crippen LogP contribution in [0.1, 0.15) is 29.5 Å². The summed E-state index contributed by atoms with van der Waals surface area (Å²) in [6, 6.07) is 4.96. The fourth-order valence-corrected chi connectivity index (χ4v) is 2.08. The van der Waals surface area contributed by atoms with Crippen molar-refractivity contribution in [2.45, 2.75) is 32.6 Å². The summed E-state index contributed by atoms with van der Waals surface area (Å²) in [6.07, 6.45) is 6.01. The third-order valence-electron chi connectivity index (χ3n) is 3.31. The predicted octanol–water partition coefficient (Wildman–Crippen LogP) is 2.80. The zero-order valence-electron chi connectivity index (χ0n) is 12.1. The van der Waals surface area contributed by atoms with Crippen molar-refractivity contribution in [3.05, 3.63) is 53.2 Å². The van der Waals surface area contributed by atoms with Gasteiger partial charge in [0.15, 0.2) is 0 Å². The summed E-state index contributed by atoms with van der Waals surface area (Å²) in [5, 5.41) is 6.50. The number of halogens is 1. The molecule has 5 heteroatoms. The van der Waals surface area contributed by atoms with Gasteiger partial charge in [0.05, 0.1) is 6.20 Å². The Morgan fingerprint density at radius 2 is 2.19 bits per heavy atom. The van der Waals surface area contributed by atoms with Gasteiger partial charge in [-0.2, -0.15) is 0 Å². The van der Waals surface area contributed by atoms with Gasteiger partial charge < -0.3 is 9.84 Å². The normalized spacial score (nSPS) is 10.6. The minimum atomic E-state index is -0.211. The molecule has 0 atom stereocenters. The Hall–Kier alpha value is -2.17. The molecular formula is C16H19FN2O2. The number of carbonyl (C=O) groups is 1. The fraction of sp³-hybridized carbons (Fsp3) is 0.375. The number of nitrogens with zero attached hydrogens (tertiary/aromatic N) is 1. The molecule has 21 heavy (non-hydrogen) atoms. The molecule has 0 fully saturated rings. The van der Waals surface area contributed by atoms with Crippen molar-refractivity contribution in [2.75, 3.05) is 6.54 Å². The SMILES string of the molecule is Cc1cc(CCC(=O)NCCCc2cnoc2)ccc1F. The van der Waals surface area contributed by atoms with Gasteiger partial charge in [-0.05, 0) is 43.4 Å². The maximum absolute atomic E-state index is 13.1. The molecule has 1 amide bonds. The van der Waals surface area contributed by atoms with Gasteiger partial charge in [0.1, 0.15) is 12.1 Å². The lowest BCUT2D eigenvalue weighted by Crippen LogP contribution is -2.24. The molecule has 0 aliphatic rings. The highest BCUT2D eigenvalue weighted by atomic mass is 19.1. The van der Waals surface area contributed by atoms with Gasteiger partial charge in [-0.25, -0.2) is 4.39 Å². The molecule has 1 aromatic heterocycles. The van der Waals surface area contributed by atoms with Crippen LogP contribution in [0.4, 0.5) is 4.39 Å². The van der Waals surface area contributed by atoms with Gasteiger partial charge in [-0.3, -0.25) is 4.79 Å². The molecule has 4 nitrogen and oxygen atoms in total. The second-order valence-electron chi connectivity index (χ2n) is 5.07. The molecular weight excluding hydrogens is 271 g/mol. The van der Waals surface area contributed by atoms with Crippen molar-refractivity contribution in [1.82, 2.24) is 10.5 Å². The van der Waals surface area contributed by atoms with E-state index in [1.165, 1.54) is 6.07 Å². The van der Waals surface area contributed by atoms with E-state index in [0.29, 0.717) is 24.9 Å².